The van der Waals surface area contributed by atoms with Gasteiger partial charge < -0.3 is 10.1 Å². The van der Waals surface area contributed by atoms with E-state index in [0.29, 0.717) is 19.5 Å². The molecule has 30 heavy (non-hydrogen) atoms. The minimum atomic E-state index is -2.82. The minimum Gasteiger partial charge on any atom is -0.435 e. The monoisotopic (exact) mass is 417 g/mol. The zero-order valence-corrected chi connectivity index (χ0v) is 17.3. The van der Waals surface area contributed by atoms with Crippen LogP contribution in [0.5, 0.6) is 5.75 Å². The first-order valence-corrected chi connectivity index (χ1v) is 10.3. The number of hydrogen-bond acceptors (Lipinski definition) is 4. The van der Waals surface area contributed by atoms with Gasteiger partial charge in [0.25, 0.3) is 0 Å². The molecule has 7 heteroatoms. The molecular formula is C23H29F2N3O2. The molecule has 162 valence electrons. The van der Waals surface area contributed by atoms with Crippen LogP contribution in [-0.4, -0.2) is 61.6 Å². The lowest BCUT2D eigenvalue weighted by atomic mass is 10.1. The summed E-state index contributed by atoms with van der Waals surface area (Å²) < 4.78 is 28.7. The van der Waals surface area contributed by atoms with Crippen molar-refractivity contribution in [3.63, 3.8) is 0 Å². The summed E-state index contributed by atoms with van der Waals surface area (Å²) in [4.78, 5) is 16.8. The van der Waals surface area contributed by atoms with E-state index in [0.717, 1.165) is 38.3 Å². The zero-order chi connectivity index (χ0) is 21.3. The van der Waals surface area contributed by atoms with Gasteiger partial charge in [-0.25, -0.2) is 0 Å². The Bertz CT molecular complexity index is 806. The van der Waals surface area contributed by atoms with Crippen molar-refractivity contribution in [2.75, 3.05) is 39.3 Å². The molecule has 1 N–H and O–H groups in total. The molecule has 0 unspecified atom stereocenters. The van der Waals surface area contributed by atoms with Gasteiger partial charge in [-0.2, -0.15) is 8.78 Å². The standard InChI is InChI=1S/C23H29F2N3O2/c1-18-4-2-3-5-20(18)16-27-12-14-28(15-13-27)17-22(29)26-11-10-19-6-8-21(9-7-19)30-23(24)25/h2-9,23H,10-17H2,1H3,(H,26,29). The van der Waals surface area contributed by atoms with E-state index < -0.39 is 6.61 Å². The number of rotatable bonds is 9. The van der Waals surface area contributed by atoms with Crippen molar-refractivity contribution in [3.8, 4) is 5.75 Å². The summed E-state index contributed by atoms with van der Waals surface area (Å²) in [6.07, 6.45) is 0.644. The van der Waals surface area contributed by atoms with Gasteiger partial charge >= 0.3 is 6.61 Å². The van der Waals surface area contributed by atoms with Crippen molar-refractivity contribution in [3.05, 3.63) is 65.2 Å². The number of piperazine rings is 1. The van der Waals surface area contributed by atoms with Gasteiger partial charge in [-0.1, -0.05) is 36.4 Å². The fourth-order valence-corrected chi connectivity index (χ4v) is 3.58. The number of benzene rings is 2. The van der Waals surface area contributed by atoms with Gasteiger partial charge in [-0.15, -0.1) is 0 Å². The molecule has 0 bridgehead atoms. The molecule has 1 fully saturated rings. The highest BCUT2D eigenvalue weighted by molar-refractivity contribution is 5.78. The van der Waals surface area contributed by atoms with Crippen LogP contribution >= 0.6 is 0 Å². The lowest BCUT2D eigenvalue weighted by Gasteiger charge is -2.34. The number of carbonyl (C=O) groups is 1. The summed E-state index contributed by atoms with van der Waals surface area (Å²) in [6, 6.07) is 14.9. The first-order chi connectivity index (χ1) is 14.5. The van der Waals surface area contributed by atoms with Gasteiger partial charge in [0.2, 0.25) is 5.91 Å². The lowest BCUT2D eigenvalue weighted by molar-refractivity contribution is -0.122. The molecule has 0 saturated carbocycles. The summed E-state index contributed by atoms with van der Waals surface area (Å²) in [7, 11) is 0. The molecule has 1 aliphatic heterocycles. The van der Waals surface area contributed by atoms with Gasteiger partial charge in [0, 0.05) is 39.3 Å². The average molecular weight is 418 g/mol. The maximum Gasteiger partial charge on any atom is 0.387 e. The first kappa shape index (κ1) is 22.2. The van der Waals surface area contributed by atoms with Crippen LogP contribution in [0.25, 0.3) is 0 Å². The molecule has 1 aliphatic rings. The number of amides is 1. The van der Waals surface area contributed by atoms with E-state index in [1.807, 2.05) is 0 Å². The molecule has 2 aromatic carbocycles. The first-order valence-electron chi connectivity index (χ1n) is 10.3. The molecule has 2 aromatic rings. The fourth-order valence-electron chi connectivity index (χ4n) is 3.58. The number of hydrogen-bond donors (Lipinski definition) is 1. The van der Waals surface area contributed by atoms with Crippen LogP contribution in [0.15, 0.2) is 48.5 Å². The number of aryl methyl sites for hydroxylation is 1. The van der Waals surface area contributed by atoms with E-state index in [-0.39, 0.29) is 11.7 Å². The number of nitrogens with zero attached hydrogens (tertiary/aromatic N) is 2. The predicted molar refractivity (Wildman–Crippen MR) is 113 cm³/mol. The van der Waals surface area contributed by atoms with Crippen molar-refractivity contribution >= 4 is 5.91 Å². The van der Waals surface area contributed by atoms with E-state index >= 15 is 0 Å². The molecule has 0 aliphatic carbocycles. The second kappa shape index (κ2) is 11.0. The van der Waals surface area contributed by atoms with Gasteiger partial charge in [0.1, 0.15) is 5.75 Å². The Morgan fingerprint density at radius 1 is 1.03 bits per heavy atom. The Labute approximate surface area is 176 Å². The van der Waals surface area contributed by atoms with E-state index in [1.54, 1.807) is 12.1 Å². The third-order valence-electron chi connectivity index (χ3n) is 5.37. The highest BCUT2D eigenvalue weighted by atomic mass is 19.3. The molecule has 0 aromatic heterocycles. The Kier molecular flexibility index (Phi) is 8.16. The predicted octanol–water partition coefficient (Wildman–Crippen LogP) is 3.07. The smallest absolute Gasteiger partial charge is 0.387 e. The summed E-state index contributed by atoms with van der Waals surface area (Å²) in [5.74, 6) is 0.152. The molecule has 5 nitrogen and oxygen atoms in total. The van der Waals surface area contributed by atoms with E-state index in [1.165, 1.54) is 23.3 Å². The number of alkyl halides is 2. The quantitative estimate of drug-likeness (QED) is 0.681. The van der Waals surface area contributed by atoms with Crippen LogP contribution in [0, 0.1) is 6.92 Å². The maximum absolute atomic E-state index is 12.2. The largest absolute Gasteiger partial charge is 0.435 e. The van der Waals surface area contributed by atoms with Gasteiger partial charge in [0.05, 0.1) is 6.54 Å². The molecular weight excluding hydrogens is 388 g/mol. The summed E-state index contributed by atoms with van der Waals surface area (Å²) in [5.41, 5.74) is 3.63. The van der Waals surface area contributed by atoms with E-state index in [2.05, 4.69) is 51.0 Å². The highest BCUT2D eigenvalue weighted by Gasteiger charge is 2.19. The molecule has 0 spiro atoms. The normalized spacial score (nSPS) is 15.3. The van der Waals surface area contributed by atoms with Crippen molar-refractivity contribution in [2.45, 2.75) is 26.5 Å². The van der Waals surface area contributed by atoms with Gasteiger partial charge in [-0.05, 0) is 42.2 Å². The van der Waals surface area contributed by atoms with Gasteiger partial charge in [-0.3, -0.25) is 14.6 Å². The molecule has 0 atom stereocenters. The molecule has 3 rings (SSSR count). The second-order valence-corrected chi connectivity index (χ2v) is 7.60. The second-order valence-electron chi connectivity index (χ2n) is 7.60. The average Bonchev–Trinajstić information content (AvgIpc) is 2.72. The third kappa shape index (κ3) is 7.07. The maximum atomic E-state index is 12.2. The number of ether oxygens (including phenoxy) is 1. The lowest BCUT2D eigenvalue weighted by Crippen LogP contribution is -2.49. The Balaban J connectivity index is 1.32. The Morgan fingerprint density at radius 2 is 1.70 bits per heavy atom. The zero-order valence-electron chi connectivity index (χ0n) is 17.3. The summed E-state index contributed by atoms with van der Waals surface area (Å²) in [5, 5.41) is 2.94. The van der Waals surface area contributed by atoms with Crippen molar-refractivity contribution < 1.29 is 18.3 Å². The molecule has 1 heterocycles. The van der Waals surface area contributed by atoms with Crippen LogP contribution in [0.4, 0.5) is 8.78 Å². The summed E-state index contributed by atoms with van der Waals surface area (Å²) in [6.45, 7) is 4.86. The highest BCUT2D eigenvalue weighted by Crippen LogP contribution is 2.15. The number of halogens is 2. The van der Waals surface area contributed by atoms with Crippen LogP contribution < -0.4 is 10.1 Å². The van der Waals surface area contributed by atoms with Crippen LogP contribution in [0.3, 0.4) is 0 Å². The minimum absolute atomic E-state index is 0.0139. The van der Waals surface area contributed by atoms with E-state index in [4.69, 9.17) is 0 Å². The topological polar surface area (TPSA) is 44.8 Å². The van der Waals surface area contributed by atoms with Crippen molar-refractivity contribution in [1.29, 1.82) is 0 Å². The SMILES string of the molecule is Cc1ccccc1CN1CCN(CC(=O)NCCc2ccc(OC(F)F)cc2)CC1. The number of carbonyl (C=O) groups excluding carboxylic acids is 1. The Morgan fingerprint density at radius 3 is 2.37 bits per heavy atom. The van der Waals surface area contributed by atoms with Crippen molar-refractivity contribution in [1.82, 2.24) is 15.1 Å². The van der Waals surface area contributed by atoms with Crippen molar-refractivity contribution in [2.24, 2.45) is 0 Å². The molecule has 1 saturated heterocycles. The van der Waals surface area contributed by atoms with Crippen LogP contribution in [-0.2, 0) is 17.8 Å². The Hall–Kier alpha value is -2.51. The number of nitrogens with one attached hydrogen (secondary N) is 1. The van der Waals surface area contributed by atoms with Crippen LogP contribution in [0.1, 0.15) is 16.7 Å². The summed E-state index contributed by atoms with van der Waals surface area (Å²) >= 11 is 0. The van der Waals surface area contributed by atoms with E-state index in [9.17, 15) is 13.6 Å². The van der Waals surface area contributed by atoms with Gasteiger partial charge in [0.15, 0.2) is 0 Å². The molecule has 0 radical (unpaired) electrons. The molecule has 1 amide bonds. The fraction of sp³-hybridized carbons (Fsp3) is 0.435. The third-order valence-corrected chi connectivity index (χ3v) is 5.37. The van der Waals surface area contributed by atoms with Crippen LogP contribution in [0.2, 0.25) is 0 Å².